The van der Waals surface area contributed by atoms with Crippen LogP contribution >= 0.6 is 11.8 Å². The van der Waals surface area contributed by atoms with Crippen LogP contribution in [0.1, 0.15) is 12.6 Å². The van der Waals surface area contributed by atoms with E-state index in [0.29, 0.717) is 16.6 Å². The number of nitrogens with zero attached hydrogens (tertiary/aromatic N) is 4. The van der Waals surface area contributed by atoms with Crippen molar-refractivity contribution in [1.29, 1.82) is 0 Å². The normalized spacial score (nSPS) is 11.5. The molecule has 0 aliphatic carbocycles. The van der Waals surface area contributed by atoms with E-state index in [4.69, 9.17) is 0 Å². The Morgan fingerprint density at radius 1 is 1.62 bits per heavy atom. The minimum Gasteiger partial charge on any atom is -0.399 e. The van der Waals surface area contributed by atoms with Crippen molar-refractivity contribution in [1.82, 2.24) is 15.2 Å². The number of thioether (sulfide) groups is 1. The molecule has 1 aromatic heterocycles. The van der Waals surface area contributed by atoms with E-state index in [1.165, 1.54) is 18.9 Å². The van der Waals surface area contributed by atoms with Gasteiger partial charge in [-0.3, -0.25) is 0 Å². The van der Waals surface area contributed by atoms with Crippen molar-refractivity contribution in [3.8, 4) is 0 Å². The van der Waals surface area contributed by atoms with Crippen LogP contribution in [0.2, 0.25) is 0 Å². The zero-order valence-electron chi connectivity index (χ0n) is 7.68. The first-order valence-corrected chi connectivity index (χ1v) is 4.82. The topological polar surface area (TPSA) is 60.3 Å². The molecule has 13 heavy (non-hydrogen) atoms. The lowest BCUT2D eigenvalue weighted by molar-refractivity contribution is 0.213. The minimum atomic E-state index is 0.628. The van der Waals surface area contributed by atoms with Gasteiger partial charge in [0.1, 0.15) is 18.5 Å². The molecule has 0 unspecified atom stereocenters. The highest BCUT2D eigenvalue weighted by Crippen LogP contribution is 2.06. The van der Waals surface area contributed by atoms with Crippen LogP contribution in [0.3, 0.4) is 0 Å². The van der Waals surface area contributed by atoms with Gasteiger partial charge in [0.25, 0.3) is 0 Å². The van der Waals surface area contributed by atoms with Crippen LogP contribution < -0.4 is 0 Å². The number of rotatable bonds is 3. The first-order chi connectivity index (χ1) is 6.27. The quantitative estimate of drug-likeness (QED) is 0.411. The van der Waals surface area contributed by atoms with Gasteiger partial charge in [-0.05, 0) is 13.2 Å². The van der Waals surface area contributed by atoms with Crippen molar-refractivity contribution in [2.24, 2.45) is 5.16 Å². The smallest absolute Gasteiger partial charge is 0.209 e. The highest BCUT2D eigenvalue weighted by Gasteiger charge is 2.02. The van der Waals surface area contributed by atoms with Crippen LogP contribution in [0, 0.1) is 0 Å². The molecule has 1 aromatic rings. The first kappa shape index (κ1) is 9.91. The van der Waals surface area contributed by atoms with Crippen LogP contribution in [-0.2, 0) is 4.84 Å². The molecule has 0 N–H and O–H groups in total. The van der Waals surface area contributed by atoms with Gasteiger partial charge in [0.15, 0.2) is 0 Å². The maximum absolute atomic E-state index is 4.62. The van der Waals surface area contributed by atoms with Gasteiger partial charge < -0.3 is 4.84 Å². The van der Waals surface area contributed by atoms with Gasteiger partial charge in [-0.2, -0.15) is 5.10 Å². The molecule has 6 heteroatoms. The Balaban J connectivity index is 2.94. The largest absolute Gasteiger partial charge is 0.399 e. The highest BCUT2D eigenvalue weighted by molar-refractivity contribution is 7.98. The SMILES string of the molecule is CON=C(C)c1cnnc(SC)n1. The standard InChI is InChI=1S/C7H10N4OS/c1-5(11-12-2)6-4-8-10-7(9-6)13-3/h4H,1-3H3. The number of hydrogen-bond donors (Lipinski definition) is 0. The third-order valence-corrected chi connectivity index (χ3v) is 1.86. The van der Waals surface area contributed by atoms with E-state index in [0.717, 1.165) is 0 Å². The lowest BCUT2D eigenvalue weighted by Crippen LogP contribution is -2.02. The monoisotopic (exact) mass is 198 g/mol. The first-order valence-electron chi connectivity index (χ1n) is 3.59. The molecule has 1 rings (SSSR count). The molecule has 0 aliphatic heterocycles. The lowest BCUT2D eigenvalue weighted by atomic mass is 10.3. The van der Waals surface area contributed by atoms with Crippen molar-refractivity contribution in [2.45, 2.75) is 12.1 Å². The molecule has 0 fully saturated rings. The lowest BCUT2D eigenvalue weighted by Gasteiger charge is -1.98. The summed E-state index contributed by atoms with van der Waals surface area (Å²) in [7, 11) is 1.49. The fourth-order valence-corrected chi connectivity index (χ4v) is 1.05. The van der Waals surface area contributed by atoms with Crippen molar-refractivity contribution < 1.29 is 4.84 Å². The molecule has 0 radical (unpaired) electrons. The number of hydrogen-bond acceptors (Lipinski definition) is 6. The summed E-state index contributed by atoms with van der Waals surface area (Å²) in [5.74, 6) is 0. The van der Waals surface area contributed by atoms with E-state index in [1.807, 2.05) is 6.26 Å². The van der Waals surface area contributed by atoms with E-state index >= 15 is 0 Å². The summed E-state index contributed by atoms with van der Waals surface area (Å²) in [5.41, 5.74) is 1.37. The van der Waals surface area contributed by atoms with Gasteiger partial charge in [-0.1, -0.05) is 16.9 Å². The zero-order chi connectivity index (χ0) is 9.68. The molecule has 0 atom stereocenters. The van der Waals surface area contributed by atoms with Crippen molar-refractivity contribution in [2.75, 3.05) is 13.4 Å². The minimum absolute atomic E-state index is 0.628. The Morgan fingerprint density at radius 3 is 3.00 bits per heavy atom. The second-order valence-electron chi connectivity index (χ2n) is 2.19. The molecule has 0 saturated heterocycles. The van der Waals surface area contributed by atoms with Gasteiger partial charge in [-0.25, -0.2) is 4.98 Å². The van der Waals surface area contributed by atoms with E-state index in [-0.39, 0.29) is 0 Å². The van der Waals surface area contributed by atoms with Gasteiger partial charge in [-0.15, -0.1) is 5.10 Å². The summed E-state index contributed by atoms with van der Waals surface area (Å²) in [4.78, 5) is 8.81. The van der Waals surface area contributed by atoms with Crippen LogP contribution in [0.25, 0.3) is 0 Å². The van der Waals surface area contributed by atoms with Gasteiger partial charge in [0.2, 0.25) is 5.16 Å². The third kappa shape index (κ3) is 2.66. The van der Waals surface area contributed by atoms with Crippen molar-refractivity contribution in [3.63, 3.8) is 0 Å². The van der Waals surface area contributed by atoms with Crippen molar-refractivity contribution >= 4 is 17.5 Å². The summed E-state index contributed by atoms with van der Waals surface area (Å²) >= 11 is 1.44. The van der Waals surface area contributed by atoms with Crippen LogP contribution in [0.4, 0.5) is 0 Å². The Morgan fingerprint density at radius 2 is 2.38 bits per heavy atom. The third-order valence-electron chi connectivity index (χ3n) is 1.32. The van der Waals surface area contributed by atoms with Gasteiger partial charge in [0, 0.05) is 0 Å². The molecule has 0 aromatic carbocycles. The van der Waals surface area contributed by atoms with Crippen LogP contribution in [-0.4, -0.2) is 34.3 Å². The van der Waals surface area contributed by atoms with Crippen molar-refractivity contribution in [3.05, 3.63) is 11.9 Å². The average molecular weight is 198 g/mol. The molecular weight excluding hydrogens is 188 g/mol. The average Bonchev–Trinajstić information content (AvgIpc) is 2.18. The Kier molecular flexibility index (Phi) is 3.63. The molecule has 5 nitrogen and oxygen atoms in total. The summed E-state index contributed by atoms with van der Waals surface area (Å²) in [6, 6.07) is 0. The maximum Gasteiger partial charge on any atom is 0.209 e. The summed E-state index contributed by atoms with van der Waals surface area (Å²) in [6.45, 7) is 1.80. The fourth-order valence-electron chi connectivity index (χ4n) is 0.732. The van der Waals surface area contributed by atoms with E-state index in [9.17, 15) is 0 Å². The predicted molar refractivity (Wildman–Crippen MR) is 50.8 cm³/mol. The van der Waals surface area contributed by atoms with E-state index in [2.05, 4.69) is 25.2 Å². The molecular formula is C7H10N4OS. The predicted octanol–water partition coefficient (Wildman–Crippen LogP) is 0.964. The summed E-state index contributed by atoms with van der Waals surface area (Å²) in [6.07, 6.45) is 3.45. The van der Waals surface area contributed by atoms with Gasteiger partial charge >= 0.3 is 0 Å². The second-order valence-corrected chi connectivity index (χ2v) is 2.96. The summed E-state index contributed by atoms with van der Waals surface area (Å²) < 4.78 is 0. The molecule has 0 aliphatic rings. The molecule has 0 amide bonds. The fraction of sp³-hybridized carbons (Fsp3) is 0.429. The zero-order valence-corrected chi connectivity index (χ0v) is 8.50. The van der Waals surface area contributed by atoms with E-state index < -0.39 is 0 Å². The Hall–Kier alpha value is -1.17. The molecule has 0 spiro atoms. The van der Waals surface area contributed by atoms with Gasteiger partial charge in [0.05, 0.1) is 6.20 Å². The van der Waals surface area contributed by atoms with Crippen LogP contribution in [0.5, 0.6) is 0 Å². The molecule has 1 heterocycles. The highest BCUT2D eigenvalue weighted by atomic mass is 32.2. The summed E-state index contributed by atoms with van der Waals surface area (Å²) in [5, 5.41) is 12.0. The number of aromatic nitrogens is 3. The Bertz CT molecular complexity index is 315. The number of oxime groups is 1. The maximum atomic E-state index is 4.62. The molecule has 0 bridgehead atoms. The van der Waals surface area contributed by atoms with Crippen LogP contribution in [0.15, 0.2) is 16.5 Å². The Labute approximate surface area is 80.6 Å². The molecule has 70 valence electrons. The second kappa shape index (κ2) is 4.76. The van der Waals surface area contributed by atoms with E-state index in [1.54, 1.807) is 13.1 Å². The molecule has 0 saturated carbocycles.